The molecule has 0 amide bonds. The summed E-state index contributed by atoms with van der Waals surface area (Å²) in [6.45, 7) is 8.32. The Morgan fingerprint density at radius 2 is 2.00 bits per heavy atom. The van der Waals surface area contributed by atoms with Crippen molar-refractivity contribution in [3.05, 3.63) is 28.8 Å². The van der Waals surface area contributed by atoms with E-state index < -0.39 is 0 Å². The first-order chi connectivity index (χ1) is 7.68. The zero-order valence-electron chi connectivity index (χ0n) is 10.5. The average molecular weight is 219 g/mol. The minimum absolute atomic E-state index is 0.541. The van der Waals surface area contributed by atoms with Crippen molar-refractivity contribution in [1.82, 2.24) is 5.32 Å². The van der Waals surface area contributed by atoms with Crippen molar-refractivity contribution in [2.45, 2.75) is 39.7 Å². The van der Waals surface area contributed by atoms with E-state index in [1.165, 1.54) is 29.5 Å². The van der Waals surface area contributed by atoms with Crippen molar-refractivity contribution in [3.8, 4) is 5.75 Å². The number of ether oxygens (including phenoxy) is 1. The van der Waals surface area contributed by atoms with Crippen LogP contribution in [0.3, 0.4) is 0 Å². The van der Waals surface area contributed by atoms with Gasteiger partial charge in [-0.05, 0) is 56.8 Å². The molecular weight excluding hydrogens is 198 g/mol. The predicted octanol–water partition coefficient (Wildman–Crippen LogP) is 2.74. The summed E-state index contributed by atoms with van der Waals surface area (Å²) < 4.78 is 5.97. The molecule has 1 aliphatic rings. The molecule has 0 radical (unpaired) electrons. The van der Waals surface area contributed by atoms with Gasteiger partial charge in [0, 0.05) is 6.04 Å². The van der Waals surface area contributed by atoms with E-state index in [0.29, 0.717) is 6.04 Å². The van der Waals surface area contributed by atoms with E-state index in [4.69, 9.17) is 4.74 Å². The first-order valence-electron chi connectivity index (χ1n) is 6.11. The summed E-state index contributed by atoms with van der Waals surface area (Å²) >= 11 is 0. The van der Waals surface area contributed by atoms with E-state index >= 15 is 0 Å². The fraction of sp³-hybridized carbons (Fsp3) is 0.571. The molecule has 1 heterocycles. The lowest BCUT2D eigenvalue weighted by molar-refractivity contribution is 0.274. The summed E-state index contributed by atoms with van der Waals surface area (Å²) in [4.78, 5) is 0. The van der Waals surface area contributed by atoms with Crippen LogP contribution in [0.25, 0.3) is 0 Å². The van der Waals surface area contributed by atoms with Crippen molar-refractivity contribution in [1.29, 1.82) is 0 Å². The van der Waals surface area contributed by atoms with E-state index in [-0.39, 0.29) is 0 Å². The molecule has 0 aliphatic carbocycles. The Hall–Kier alpha value is -1.02. The summed E-state index contributed by atoms with van der Waals surface area (Å²) in [7, 11) is 0. The van der Waals surface area contributed by atoms with Crippen LogP contribution in [-0.2, 0) is 0 Å². The van der Waals surface area contributed by atoms with Gasteiger partial charge in [0.15, 0.2) is 0 Å². The minimum Gasteiger partial charge on any atom is -0.491 e. The van der Waals surface area contributed by atoms with E-state index in [2.05, 4.69) is 38.2 Å². The van der Waals surface area contributed by atoms with Crippen LogP contribution in [0, 0.1) is 20.8 Å². The Bertz CT molecular complexity index is 367. The van der Waals surface area contributed by atoms with Crippen LogP contribution in [0.5, 0.6) is 5.75 Å². The molecule has 1 saturated heterocycles. The van der Waals surface area contributed by atoms with Crippen LogP contribution in [0.4, 0.5) is 0 Å². The molecule has 2 nitrogen and oxygen atoms in total. The van der Waals surface area contributed by atoms with Gasteiger partial charge in [0.2, 0.25) is 0 Å². The van der Waals surface area contributed by atoms with Crippen molar-refractivity contribution in [3.63, 3.8) is 0 Å². The molecule has 88 valence electrons. The molecule has 0 bridgehead atoms. The van der Waals surface area contributed by atoms with Gasteiger partial charge in [-0.2, -0.15) is 0 Å². The average Bonchev–Trinajstić information content (AvgIpc) is 2.77. The SMILES string of the molecule is Cc1ccc(C)c(OCC2CCCN2)c1C. The molecule has 16 heavy (non-hydrogen) atoms. The fourth-order valence-electron chi connectivity index (χ4n) is 2.23. The molecule has 1 aromatic carbocycles. The molecule has 1 aromatic rings. The predicted molar refractivity (Wildman–Crippen MR) is 67.2 cm³/mol. The summed E-state index contributed by atoms with van der Waals surface area (Å²) in [6.07, 6.45) is 2.52. The Labute approximate surface area is 98.0 Å². The second-order valence-corrected chi connectivity index (χ2v) is 4.76. The molecule has 1 fully saturated rings. The molecular formula is C14H21NO. The summed E-state index contributed by atoms with van der Waals surface area (Å²) in [6, 6.07) is 4.84. The maximum atomic E-state index is 5.97. The monoisotopic (exact) mass is 219 g/mol. The second kappa shape index (κ2) is 4.88. The third-order valence-electron chi connectivity index (χ3n) is 3.46. The van der Waals surface area contributed by atoms with E-state index in [9.17, 15) is 0 Å². The lowest BCUT2D eigenvalue weighted by Crippen LogP contribution is -2.28. The van der Waals surface area contributed by atoms with Crippen LogP contribution in [-0.4, -0.2) is 19.2 Å². The van der Waals surface area contributed by atoms with Gasteiger partial charge in [-0.3, -0.25) is 0 Å². The smallest absolute Gasteiger partial charge is 0.125 e. The topological polar surface area (TPSA) is 21.3 Å². The van der Waals surface area contributed by atoms with Crippen LogP contribution >= 0.6 is 0 Å². The molecule has 0 aromatic heterocycles. The largest absolute Gasteiger partial charge is 0.491 e. The van der Waals surface area contributed by atoms with Crippen LogP contribution in [0.2, 0.25) is 0 Å². The minimum atomic E-state index is 0.541. The first kappa shape index (κ1) is 11.5. The van der Waals surface area contributed by atoms with Crippen molar-refractivity contribution in [2.75, 3.05) is 13.2 Å². The fourth-order valence-corrected chi connectivity index (χ4v) is 2.23. The second-order valence-electron chi connectivity index (χ2n) is 4.76. The molecule has 0 saturated carbocycles. The first-order valence-corrected chi connectivity index (χ1v) is 6.11. The van der Waals surface area contributed by atoms with Gasteiger partial charge in [-0.25, -0.2) is 0 Å². The highest BCUT2D eigenvalue weighted by Gasteiger charge is 2.15. The Balaban J connectivity index is 2.05. The number of hydrogen-bond donors (Lipinski definition) is 1. The highest BCUT2D eigenvalue weighted by Crippen LogP contribution is 2.26. The third kappa shape index (κ3) is 2.38. The van der Waals surface area contributed by atoms with Gasteiger partial charge >= 0.3 is 0 Å². The van der Waals surface area contributed by atoms with Gasteiger partial charge in [0.05, 0.1) is 0 Å². The summed E-state index contributed by atoms with van der Waals surface area (Å²) in [5, 5.41) is 3.46. The van der Waals surface area contributed by atoms with Gasteiger partial charge in [0.25, 0.3) is 0 Å². The zero-order chi connectivity index (χ0) is 11.5. The van der Waals surface area contributed by atoms with Gasteiger partial charge in [-0.1, -0.05) is 12.1 Å². The zero-order valence-corrected chi connectivity index (χ0v) is 10.5. The highest BCUT2D eigenvalue weighted by atomic mass is 16.5. The van der Waals surface area contributed by atoms with Gasteiger partial charge < -0.3 is 10.1 Å². The van der Waals surface area contributed by atoms with E-state index in [0.717, 1.165) is 18.9 Å². The number of rotatable bonds is 3. The molecule has 1 N–H and O–H groups in total. The number of hydrogen-bond acceptors (Lipinski definition) is 2. The van der Waals surface area contributed by atoms with Crippen LogP contribution in [0.1, 0.15) is 29.5 Å². The number of benzene rings is 1. The molecule has 1 atom stereocenters. The molecule has 2 heteroatoms. The quantitative estimate of drug-likeness (QED) is 0.844. The van der Waals surface area contributed by atoms with Crippen molar-refractivity contribution < 1.29 is 4.74 Å². The van der Waals surface area contributed by atoms with E-state index in [1.807, 2.05) is 0 Å². The maximum absolute atomic E-state index is 5.97. The Morgan fingerprint density at radius 1 is 1.25 bits per heavy atom. The van der Waals surface area contributed by atoms with E-state index in [1.54, 1.807) is 0 Å². The summed E-state index contributed by atoms with van der Waals surface area (Å²) in [5.41, 5.74) is 3.82. The van der Waals surface area contributed by atoms with Crippen LogP contribution < -0.4 is 10.1 Å². The van der Waals surface area contributed by atoms with Crippen molar-refractivity contribution >= 4 is 0 Å². The Kier molecular flexibility index (Phi) is 3.49. The summed E-state index contributed by atoms with van der Waals surface area (Å²) in [5.74, 6) is 1.08. The lowest BCUT2D eigenvalue weighted by Gasteiger charge is -2.17. The molecule has 2 rings (SSSR count). The number of nitrogens with one attached hydrogen (secondary N) is 1. The molecule has 0 spiro atoms. The maximum Gasteiger partial charge on any atom is 0.125 e. The van der Waals surface area contributed by atoms with Crippen molar-refractivity contribution in [2.24, 2.45) is 0 Å². The third-order valence-corrected chi connectivity index (χ3v) is 3.46. The number of aryl methyl sites for hydroxylation is 2. The molecule has 1 aliphatic heterocycles. The lowest BCUT2D eigenvalue weighted by atomic mass is 10.1. The van der Waals surface area contributed by atoms with Crippen LogP contribution in [0.15, 0.2) is 12.1 Å². The van der Waals surface area contributed by atoms with Gasteiger partial charge in [0.1, 0.15) is 12.4 Å². The Morgan fingerprint density at radius 3 is 2.69 bits per heavy atom. The van der Waals surface area contributed by atoms with Gasteiger partial charge in [-0.15, -0.1) is 0 Å². The standard InChI is InChI=1S/C14H21NO/c1-10-6-7-11(2)14(12(10)3)16-9-13-5-4-8-15-13/h6-7,13,15H,4-5,8-9H2,1-3H3. The normalized spacial score (nSPS) is 20.1. The molecule has 1 unspecified atom stereocenters. The highest BCUT2D eigenvalue weighted by molar-refractivity contribution is 5.44.